The summed E-state index contributed by atoms with van der Waals surface area (Å²) in [4.78, 5) is 2.33. The molecule has 0 saturated carbocycles. The van der Waals surface area contributed by atoms with Gasteiger partial charge in [-0.1, -0.05) is 147 Å². The molecule has 0 atom stereocenters. The van der Waals surface area contributed by atoms with Gasteiger partial charge in [-0.3, -0.25) is 0 Å². The fourth-order valence-electron chi connectivity index (χ4n) is 9.97. The Morgan fingerprint density at radius 1 is 0.417 bits per heavy atom. The van der Waals surface area contributed by atoms with Crippen molar-refractivity contribution in [3.8, 4) is 39.1 Å². The summed E-state index contributed by atoms with van der Waals surface area (Å²) in [5, 5.41) is 4.73. The van der Waals surface area contributed by atoms with Crippen LogP contribution in [0.4, 0.5) is 17.1 Å². The van der Waals surface area contributed by atoms with Crippen LogP contribution >= 0.6 is 0 Å². The van der Waals surface area contributed by atoms with Gasteiger partial charge in [0.2, 0.25) is 0 Å². The Morgan fingerprint density at radius 3 is 1.78 bits per heavy atom. The van der Waals surface area contributed by atoms with E-state index < -0.39 is 0 Å². The molecule has 0 unspecified atom stereocenters. The van der Waals surface area contributed by atoms with E-state index in [1.54, 1.807) is 0 Å². The van der Waals surface area contributed by atoms with Crippen LogP contribution in [0.2, 0.25) is 0 Å². The van der Waals surface area contributed by atoms with Gasteiger partial charge in [0.05, 0.1) is 11.0 Å². The van der Waals surface area contributed by atoms with Crippen LogP contribution in [0.1, 0.15) is 25.0 Å². The van der Waals surface area contributed by atoms with Crippen molar-refractivity contribution in [1.29, 1.82) is 0 Å². The molecule has 11 aromatic rings. The Kier molecular flexibility index (Phi) is 7.58. The highest BCUT2D eigenvalue weighted by Gasteiger charge is 2.36. The Bertz CT molecular complexity index is 3430. The smallest absolute Gasteiger partial charge is 0.138 e. The lowest BCUT2D eigenvalue weighted by Crippen LogP contribution is -2.14. The van der Waals surface area contributed by atoms with Crippen LogP contribution in [0.15, 0.2) is 211 Å². The van der Waals surface area contributed by atoms with Crippen LogP contribution in [0.25, 0.3) is 82.8 Å². The summed E-state index contributed by atoms with van der Waals surface area (Å²) in [6.07, 6.45) is 0. The van der Waals surface area contributed by atoms with Crippen molar-refractivity contribution in [2.75, 3.05) is 4.90 Å². The van der Waals surface area contributed by atoms with Gasteiger partial charge in [-0.15, -0.1) is 0 Å². The fourth-order valence-corrected chi connectivity index (χ4v) is 9.97. The summed E-state index contributed by atoms with van der Waals surface area (Å²) in [6.45, 7) is 4.72. The summed E-state index contributed by atoms with van der Waals surface area (Å²) in [6, 6.07) is 74.6. The highest BCUT2D eigenvalue weighted by atomic mass is 16.3. The zero-order chi connectivity index (χ0) is 40.0. The van der Waals surface area contributed by atoms with E-state index >= 15 is 0 Å². The standard InChI is InChI=1S/C57H40N2O/c1-57(2)48-22-12-9-19-44(48)45-34-27-39(35-49(45)57)54-55-46-20-10-13-23-50(46)59(51(55)36-53-56(54)47-21-11-14-24-52(47)60-53)43-32-30-42(31-33-43)58(40-17-7-4-8-18-40)41-28-25-38(26-29-41)37-15-5-3-6-16-37/h3-36H,1-2H3. The minimum atomic E-state index is -0.124. The minimum absolute atomic E-state index is 0.124. The second kappa shape index (κ2) is 13.2. The topological polar surface area (TPSA) is 21.3 Å². The van der Waals surface area contributed by atoms with Crippen molar-refractivity contribution in [2.24, 2.45) is 0 Å². The number of hydrogen-bond acceptors (Lipinski definition) is 2. The van der Waals surface area contributed by atoms with Crippen molar-refractivity contribution in [3.05, 3.63) is 217 Å². The fraction of sp³-hybridized carbons (Fsp3) is 0.0526. The summed E-state index contributed by atoms with van der Waals surface area (Å²) in [5.41, 5.74) is 18.5. The molecular formula is C57H40N2O. The number of rotatable bonds is 6. The molecule has 0 N–H and O–H groups in total. The highest BCUT2D eigenvalue weighted by Crippen LogP contribution is 2.52. The molecule has 2 heterocycles. The molecule has 9 aromatic carbocycles. The van der Waals surface area contributed by atoms with E-state index in [1.807, 2.05) is 0 Å². The second-order valence-electron chi connectivity index (χ2n) is 16.5. The first-order valence-electron chi connectivity index (χ1n) is 20.8. The van der Waals surface area contributed by atoms with E-state index in [9.17, 15) is 0 Å². The molecule has 1 aliphatic rings. The zero-order valence-electron chi connectivity index (χ0n) is 33.4. The predicted octanol–water partition coefficient (Wildman–Crippen LogP) is 15.8. The quantitative estimate of drug-likeness (QED) is 0.168. The molecule has 0 radical (unpaired) electrons. The monoisotopic (exact) mass is 768 g/mol. The van der Waals surface area contributed by atoms with E-state index in [4.69, 9.17) is 4.42 Å². The number of para-hydroxylation sites is 3. The lowest BCUT2D eigenvalue weighted by atomic mass is 9.81. The SMILES string of the molecule is CC1(C)c2ccccc2-c2ccc(-c3c4c(cc5c3c3ccccc3n5-c3ccc(N(c5ccccc5)c5ccc(-c6ccccc6)cc5)cc3)oc3ccccc34)cc21. The first kappa shape index (κ1) is 34.4. The maximum atomic E-state index is 6.76. The molecule has 2 aromatic heterocycles. The maximum Gasteiger partial charge on any atom is 0.138 e. The Labute approximate surface area is 349 Å². The van der Waals surface area contributed by atoms with Crippen LogP contribution in [-0.2, 0) is 5.41 Å². The van der Waals surface area contributed by atoms with E-state index in [2.05, 4.69) is 230 Å². The molecular weight excluding hydrogens is 729 g/mol. The van der Waals surface area contributed by atoms with E-state index in [1.165, 1.54) is 55.3 Å². The van der Waals surface area contributed by atoms with Gasteiger partial charge >= 0.3 is 0 Å². The van der Waals surface area contributed by atoms with E-state index in [0.717, 1.165) is 55.7 Å². The second-order valence-corrected chi connectivity index (χ2v) is 16.5. The molecule has 3 nitrogen and oxygen atoms in total. The van der Waals surface area contributed by atoms with E-state index in [-0.39, 0.29) is 5.41 Å². The number of hydrogen-bond donors (Lipinski definition) is 0. The molecule has 3 heteroatoms. The predicted molar refractivity (Wildman–Crippen MR) is 251 cm³/mol. The van der Waals surface area contributed by atoms with Crippen LogP contribution in [0.3, 0.4) is 0 Å². The molecule has 1 aliphatic carbocycles. The van der Waals surface area contributed by atoms with E-state index in [0.29, 0.717) is 0 Å². The molecule has 284 valence electrons. The molecule has 0 amide bonds. The van der Waals surface area contributed by atoms with Crippen LogP contribution < -0.4 is 4.90 Å². The number of fused-ring (bicyclic) bond motifs is 9. The van der Waals surface area contributed by atoms with Gasteiger partial charge in [-0.05, 0) is 106 Å². The number of furan rings is 1. The average Bonchev–Trinajstić information content (AvgIpc) is 3.92. The number of benzene rings is 9. The van der Waals surface area contributed by atoms with Gasteiger partial charge in [0, 0.05) is 61.3 Å². The van der Waals surface area contributed by atoms with Crippen molar-refractivity contribution in [2.45, 2.75) is 19.3 Å². The van der Waals surface area contributed by atoms with Gasteiger partial charge in [0.1, 0.15) is 11.2 Å². The third-order valence-corrected chi connectivity index (χ3v) is 12.8. The van der Waals surface area contributed by atoms with Gasteiger partial charge in [0.15, 0.2) is 0 Å². The lowest BCUT2D eigenvalue weighted by Gasteiger charge is -2.26. The van der Waals surface area contributed by atoms with Crippen molar-refractivity contribution in [3.63, 3.8) is 0 Å². The number of nitrogens with zero attached hydrogens (tertiary/aromatic N) is 2. The zero-order valence-corrected chi connectivity index (χ0v) is 33.4. The molecule has 0 bridgehead atoms. The Hall–Kier alpha value is -7.62. The van der Waals surface area contributed by atoms with Gasteiger partial charge < -0.3 is 13.9 Å². The molecule has 0 aliphatic heterocycles. The summed E-state index contributed by atoms with van der Waals surface area (Å²) >= 11 is 0. The van der Waals surface area contributed by atoms with Crippen LogP contribution in [0, 0.1) is 0 Å². The first-order valence-corrected chi connectivity index (χ1v) is 20.8. The largest absolute Gasteiger partial charge is 0.456 e. The number of aromatic nitrogens is 1. The minimum Gasteiger partial charge on any atom is -0.456 e. The summed E-state index contributed by atoms with van der Waals surface area (Å²) in [7, 11) is 0. The third-order valence-electron chi connectivity index (χ3n) is 12.8. The van der Waals surface area contributed by atoms with Gasteiger partial charge in [-0.25, -0.2) is 0 Å². The Balaban J connectivity index is 1.06. The molecule has 0 saturated heterocycles. The van der Waals surface area contributed by atoms with Gasteiger partial charge in [0.25, 0.3) is 0 Å². The van der Waals surface area contributed by atoms with Crippen molar-refractivity contribution >= 4 is 60.8 Å². The third kappa shape index (κ3) is 5.15. The first-order chi connectivity index (χ1) is 29.5. The maximum absolute atomic E-state index is 6.76. The van der Waals surface area contributed by atoms with Crippen LogP contribution in [0.5, 0.6) is 0 Å². The van der Waals surface area contributed by atoms with Crippen LogP contribution in [-0.4, -0.2) is 4.57 Å². The lowest BCUT2D eigenvalue weighted by molar-refractivity contribution is 0.660. The molecule has 12 rings (SSSR count). The highest BCUT2D eigenvalue weighted by molar-refractivity contribution is 6.27. The normalized spacial score (nSPS) is 13.0. The molecule has 0 fully saturated rings. The summed E-state index contributed by atoms with van der Waals surface area (Å²) in [5.74, 6) is 0. The Morgan fingerprint density at radius 2 is 1.00 bits per heavy atom. The molecule has 60 heavy (non-hydrogen) atoms. The van der Waals surface area contributed by atoms with Gasteiger partial charge in [-0.2, -0.15) is 0 Å². The number of anilines is 3. The average molecular weight is 769 g/mol. The van der Waals surface area contributed by atoms with Crippen molar-refractivity contribution in [1.82, 2.24) is 4.57 Å². The summed E-state index contributed by atoms with van der Waals surface area (Å²) < 4.78 is 9.17. The molecule has 0 spiro atoms. The van der Waals surface area contributed by atoms with Crippen molar-refractivity contribution < 1.29 is 4.42 Å².